The van der Waals surface area contributed by atoms with Gasteiger partial charge in [0.15, 0.2) is 5.16 Å². The summed E-state index contributed by atoms with van der Waals surface area (Å²) in [6, 6.07) is 12.3. The Kier molecular flexibility index (Phi) is 8.43. The lowest BCUT2D eigenvalue weighted by Gasteiger charge is -2.40. The largest absolute Gasteiger partial charge is 0.353 e. The van der Waals surface area contributed by atoms with Gasteiger partial charge < -0.3 is 15.1 Å². The van der Waals surface area contributed by atoms with E-state index in [1.165, 1.54) is 11.8 Å². The minimum absolute atomic E-state index is 0.0245. The number of aromatic nitrogens is 3. The minimum Gasteiger partial charge on any atom is -0.353 e. The van der Waals surface area contributed by atoms with Crippen molar-refractivity contribution >= 4 is 52.6 Å². The Labute approximate surface area is 218 Å². The molecule has 1 fully saturated rings. The summed E-state index contributed by atoms with van der Waals surface area (Å²) in [6.07, 6.45) is 3.37. The predicted octanol–water partition coefficient (Wildman–Crippen LogP) is 3.94. The number of benzene rings is 1. The zero-order valence-corrected chi connectivity index (χ0v) is 21.4. The van der Waals surface area contributed by atoms with E-state index in [9.17, 15) is 9.59 Å². The Balaban J connectivity index is 1.34. The number of hydrogen-bond donors (Lipinski definition) is 1. The number of hydrogen-bond acceptors (Lipinski definition) is 7. The van der Waals surface area contributed by atoms with E-state index >= 15 is 0 Å². The Morgan fingerprint density at radius 1 is 1.09 bits per heavy atom. The van der Waals surface area contributed by atoms with Crippen molar-refractivity contribution in [1.82, 2.24) is 25.2 Å². The molecule has 0 spiro atoms. The molecule has 1 aliphatic rings. The van der Waals surface area contributed by atoms with E-state index in [4.69, 9.17) is 23.2 Å². The van der Waals surface area contributed by atoms with Gasteiger partial charge in [0.25, 0.3) is 5.91 Å². The summed E-state index contributed by atoms with van der Waals surface area (Å²) in [5, 5.41) is 4.20. The van der Waals surface area contributed by atoms with Gasteiger partial charge in [0.2, 0.25) is 5.91 Å². The Morgan fingerprint density at radius 3 is 2.54 bits per heavy atom. The molecule has 11 heteroatoms. The van der Waals surface area contributed by atoms with Gasteiger partial charge >= 0.3 is 0 Å². The topological polar surface area (TPSA) is 91.3 Å². The second-order valence-corrected chi connectivity index (χ2v) is 9.82. The molecular weight excluding hydrogens is 507 g/mol. The van der Waals surface area contributed by atoms with Gasteiger partial charge in [-0.15, -0.1) is 0 Å². The van der Waals surface area contributed by atoms with Crippen LogP contribution in [-0.2, 0) is 11.3 Å². The van der Waals surface area contributed by atoms with Crippen LogP contribution in [0.1, 0.15) is 22.8 Å². The molecule has 1 atom stereocenters. The van der Waals surface area contributed by atoms with Gasteiger partial charge in [-0.25, -0.2) is 9.97 Å². The van der Waals surface area contributed by atoms with E-state index < -0.39 is 0 Å². The third-order valence-corrected chi connectivity index (χ3v) is 6.83. The number of nitrogens with one attached hydrogen (secondary N) is 1. The minimum atomic E-state index is -0.125. The van der Waals surface area contributed by atoms with Gasteiger partial charge in [-0.1, -0.05) is 35.0 Å². The standard InChI is InChI=1S/C24H24Cl2N6O2S/c1-16-14-31(10-11-32(16)23(34)18-2-4-19(25)5-3-18)21-12-20(26)29-24(30-21)35-15-22(33)28-13-17-6-8-27-9-7-17/h2-9,12,16H,10-11,13-15H2,1H3,(H,28,33). The quantitative estimate of drug-likeness (QED) is 0.281. The summed E-state index contributed by atoms with van der Waals surface area (Å²) >= 11 is 13.4. The van der Waals surface area contributed by atoms with Gasteiger partial charge in [0.1, 0.15) is 11.0 Å². The number of carbonyl (C=O) groups is 2. The number of carbonyl (C=O) groups excluding carboxylic acids is 2. The summed E-state index contributed by atoms with van der Waals surface area (Å²) in [5.41, 5.74) is 1.59. The SMILES string of the molecule is CC1CN(c2cc(Cl)nc(SCC(=O)NCc3ccncc3)n2)CCN1C(=O)c1ccc(Cl)cc1. The number of pyridine rings is 1. The van der Waals surface area contributed by atoms with Crippen molar-refractivity contribution in [1.29, 1.82) is 0 Å². The third kappa shape index (κ3) is 6.84. The van der Waals surface area contributed by atoms with Crippen LogP contribution in [0.15, 0.2) is 60.0 Å². The molecule has 0 bridgehead atoms. The zero-order valence-electron chi connectivity index (χ0n) is 19.0. The molecule has 4 rings (SSSR count). The molecule has 3 heterocycles. The van der Waals surface area contributed by atoms with E-state index in [0.29, 0.717) is 52.9 Å². The molecule has 1 N–H and O–H groups in total. The van der Waals surface area contributed by atoms with Crippen LogP contribution in [0, 0.1) is 0 Å². The van der Waals surface area contributed by atoms with Crippen molar-refractivity contribution in [3.63, 3.8) is 0 Å². The second-order valence-electron chi connectivity index (χ2n) is 8.05. The highest BCUT2D eigenvalue weighted by Crippen LogP contribution is 2.25. The fourth-order valence-corrected chi connectivity index (χ4v) is 4.76. The first-order valence-electron chi connectivity index (χ1n) is 11.0. The summed E-state index contributed by atoms with van der Waals surface area (Å²) in [7, 11) is 0. The first kappa shape index (κ1) is 25.2. The molecule has 1 aliphatic heterocycles. The molecule has 3 aromatic rings. The van der Waals surface area contributed by atoms with Crippen molar-refractivity contribution in [3.8, 4) is 0 Å². The first-order chi connectivity index (χ1) is 16.9. The van der Waals surface area contributed by atoms with Gasteiger partial charge in [-0.3, -0.25) is 14.6 Å². The second kappa shape index (κ2) is 11.7. The predicted molar refractivity (Wildman–Crippen MR) is 138 cm³/mol. The van der Waals surface area contributed by atoms with E-state index in [-0.39, 0.29) is 23.6 Å². The average Bonchev–Trinajstić information content (AvgIpc) is 2.86. The van der Waals surface area contributed by atoms with Crippen LogP contribution < -0.4 is 10.2 Å². The highest BCUT2D eigenvalue weighted by Gasteiger charge is 2.29. The van der Waals surface area contributed by atoms with Gasteiger partial charge in [-0.05, 0) is 48.9 Å². The Morgan fingerprint density at radius 2 is 1.83 bits per heavy atom. The van der Waals surface area contributed by atoms with Crippen LogP contribution in [0.4, 0.5) is 5.82 Å². The van der Waals surface area contributed by atoms with Crippen LogP contribution in [0.3, 0.4) is 0 Å². The maximum absolute atomic E-state index is 12.9. The van der Waals surface area contributed by atoms with Crippen molar-refractivity contribution in [3.05, 3.63) is 76.2 Å². The van der Waals surface area contributed by atoms with Crippen molar-refractivity contribution in [2.75, 3.05) is 30.3 Å². The van der Waals surface area contributed by atoms with Crippen LogP contribution in [0.5, 0.6) is 0 Å². The molecule has 1 unspecified atom stereocenters. The smallest absolute Gasteiger partial charge is 0.254 e. The molecule has 182 valence electrons. The summed E-state index contributed by atoms with van der Waals surface area (Å²) in [4.78, 5) is 41.9. The number of piperazine rings is 1. The van der Waals surface area contributed by atoms with E-state index in [2.05, 4.69) is 25.2 Å². The van der Waals surface area contributed by atoms with Gasteiger partial charge in [-0.2, -0.15) is 0 Å². The Bertz CT molecular complexity index is 1180. The fourth-order valence-electron chi connectivity index (χ4n) is 3.72. The number of anilines is 1. The zero-order chi connectivity index (χ0) is 24.8. The third-order valence-electron chi connectivity index (χ3n) is 5.54. The maximum Gasteiger partial charge on any atom is 0.254 e. The van der Waals surface area contributed by atoms with E-state index in [0.717, 1.165) is 5.56 Å². The molecule has 0 saturated carbocycles. The fraction of sp³-hybridized carbons (Fsp3) is 0.292. The molecule has 0 aliphatic carbocycles. The summed E-state index contributed by atoms with van der Waals surface area (Å²) in [6.45, 7) is 4.19. The first-order valence-corrected chi connectivity index (χ1v) is 12.8. The molecule has 2 amide bonds. The van der Waals surface area contributed by atoms with Crippen LogP contribution in [0.2, 0.25) is 10.2 Å². The van der Waals surface area contributed by atoms with E-state index in [1.54, 1.807) is 42.7 Å². The number of amides is 2. The molecular formula is C24H24Cl2N6O2S. The lowest BCUT2D eigenvalue weighted by molar-refractivity contribution is -0.118. The molecule has 1 aromatic carbocycles. The molecule has 2 aromatic heterocycles. The summed E-state index contributed by atoms with van der Waals surface area (Å²) < 4.78 is 0. The van der Waals surface area contributed by atoms with Crippen LogP contribution in [0.25, 0.3) is 0 Å². The Hall–Kier alpha value is -2.88. The normalized spacial score (nSPS) is 15.7. The number of halogens is 2. The lowest BCUT2D eigenvalue weighted by atomic mass is 10.1. The number of nitrogens with zero attached hydrogens (tertiary/aromatic N) is 5. The van der Waals surface area contributed by atoms with Crippen molar-refractivity contribution in [2.24, 2.45) is 0 Å². The highest BCUT2D eigenvalue weighted by molar-refractivity contribution is 7.99. The number of rotatable bonds is 7. The lowest BCUT2D eigenvalue weighted by Crippen LogP contribution is -2.54. The monoisotopic (exact) mass is 530 g/mol. The van der Waals surface area contributed by atoms with Gasteiger partial charge in [0.05, 0.1) is 5.75 Å². The van der Waals surface area contributed by atoms with Gasteiger partial charge in [0, 0.05) is 61.3 Å². The summed E-state index contributed by atoms with van der Waals surface area (Å²) in [5.74, 6) is 0.698. The molecule has 0 radical (unpaired) electrons. The highest BCUT2D eigenvalue weighted by atomic mass is 35.5. The molecule has 8 nitrogen and oxygen atoms in total. The van der Waals surface area contributed by atoms with Crippen molar-refractivity contribution in [2.45, 2.75) is 24.7 Å². The van der Waals surface area contributed by atoms with Crippen LogP contribution in [-0.4, -0.2) is 63.1 Å². The number of thioether (sulfide) groups is 1. The van der Waals surface area contributed by atoms with Crippen molar-refractivity contribution < 1.29 is 9.59 Å². The van der Waals surface area contributed by atoms with E-state index in [1.807, 2.05) is 24.0 Å². The average molecular weight is 531 g/mol. The molecule has 35 heavy (non-hydrogen) atoms. The molecule has 1 saturated heterocycles. The van der Waals surface area contributed by atoms with Crippen LogP contribution >= 0.6 is 35.0 Å². The maximum atomic E-state index is 12.9.